The van der Waals surface area contributed by atoms with Gasteiger partial charge in [0, 0.05) is 24.5 Å². The number of amides is 1. The van der Waals surface area contributed by atoms with Crippen LogP contribution in [0.5, 0.6) is 0 Å². The molecule has 0 aliphatic carbocycles. The third-order valence-corrected chi connectivity index (χ3v) is 5.00. The molecule has 1 aliphatic rings. The third-order valence-electron chi connectivity index (χ3n) is 5.00. The van der Waals surface area contributed by atoms with Crippen LogP contribution in [0.4, 0.5) is 5.95 Å². The Balaban J connectivity index is 1.63. The third kappa shape index (κ3) is 4.23. The molecule has 2 aromatic heterocycles. The molecule has 32 heavy (non-hydrogen) atoms. The second-order valence-corrected chi connectivity index (χ2v) is 7.26. The van der Waals surface area contributed by atoms with E-state index in [0.29, 0.717) is 5.56 Å². The summed E-state index contributed by atoms with van der Waals surface area (Å²) in [5.74, 6) is -1.19. The normalized spacial score (nSPS) is 20.4. The van der Waals surface area contributed by atoms with Crippen molar-refractivity contribution in [3.63, 3.8) is 0 Å². The van der Waals surface area contributed by atoms with Crippen LogP contribution in [0.15, 0.2) is 35.4 Å². The maximum Gasteiger partial charge on any atom is 0.302 e. The fraction of sp³-hybridized carbons (Fsp3) is 0.350. The van der Waals surface area contributed by atoms with Crippen molar-refractivity contribution in [2.45, 2.75) is 38.4 Å². The molecule has 0 spiro atoms. The summed E-state index contributed by atoms with van der Waals surface area (Å²) in [4.78, 5) is 47.1. The summed E-state index contributed by atoms with van der Waals surface area (Å²) >= 11 is 0. The molecule has 0 bridgehead atoms. The Hall–Kier alpha value is -3.61. The van der Waals surface area contributed by atoms with Crippen molar-refractivity contribution in [3.8, 4) is 0 Å². The van der Waals surface area contributed by atoms with Crippen LogP contribution in [-0.4, -0.2) is 60.4 Å². The summed E-state index contributed by atoms with van der Waals surface area (Å²) in [5, 5.41) is 22.1. The summed E-state index contributed by atoms with van der Waals surface area (Å²) < 4.78 is 12.0. The first-order valence-electron chi connectivity index (χ1n) is 9.81. The van der Waals surface area contributed by atoms with Crippen molar-refractivity contribution >= 4 is 29.0 Å². The molecule has 1 saturated heterocycles. The van der Waals surface area contributed by atoms with Gasteiger partial charge in [-0.2, -0.15) is 4.98 Å². The quantitative estimate of drug-likeness (QED) is 0.385. The molecule has 1 amide bonds. The zero-order valence-corrected chi connectivity index (χ0v) is 17.0. The van der Waals surface area contributed by atoms with Crippen molar-refractivity contribution in [3.05, 3.63) is 52.1 Å². The van der Waals surface area contributed by atoms with Crippen LogP contribution in [0, 0.1) is 0 Å². The van der Waals surface area contributed by atoms with E-state index in [1.54, 1.807) is 24.3 Å². The van der Waals surface area contributed by atoms with Gasteiger partial charge in [-0.25, -0.2) is 4.98 Å². The topological polar surface area (TPSA) is 169 Å². The first-order chi connectivity index (χ1) is 15.4. The maximum absolute atomic E-state index is 12.8. The Kier molecular flexibility index (Phi) is 5.99. The molecule has 168 valence electrons. The second kappa shape index (κ2) is 8.86. The van der Waals surface area contributed by atoms with E-state index in [4.69, 9.17) is 9.47 Å². The van der Waals surface area contributed by atoms with Gasteiger partial charge < -0.3 is 19.7 Å². The lowest BCUT2D eigenvalue weighted by atomic mass is 10.1. The van der Waals surface area contributed by atoms with E-state index in [0.717, 1.165) is 0 Å². The number of esters is 1. The lowest BCUT2D eigenvalue weighted by Gasteiger charge is -2.16. The molecular formula is C20H21N5O7. The highest BCUT2D eigenvalue weighted by molar-refractivity contribution is 6.04. The zero-order chi connectivity index (χ0) is 22.8. The molecule has 3 aromatic rings. The van der Waals surface area contributed by atoms with E-state index in [1.165, 1.54) is 17.8 Å². The molecule has 0 radical (unpaired) electrons. The highest BCUT2D eigenvalue weighted by Crippen LogP contribution is 2.30. The van der Waals surface area contributed by atoms with Gasteiger partial charge in [-0.05, 0) is 6.07 Å². The fourth-order valence-electron chi connectivity index (χ4n) is 3.49. The number of anilines is 1. The molecule has 1 aromatic carbocycles. The number of aliphatic hydroxyl groups is 2. The minimum atomic E-state index is -0.933. The van der Waals surface area contributed by atoms with Crippen LogP contribution < -0.4 is 10.9 Å². The number of aliphatic hydroxyl groups excluding tert-OH is 2. The number of imidazole rings is 1. The predicted octanol–water partition coefficient (Wildman–Crippen LogP) is 0.0757. The molecule has 1 aliphatic heterocycles. The molecule has 3 atom stereocenters. The highest BCUT2D eigenvalue weighted by atomic mass is 16.5. The van der Waals surface area contributed by atoms with E-state index < -0.39 is 35.9 Å². The monoisotopic (exact) mass is 443 g/mol. The van der Waals surface area contributed by atoms with Crippen molar-refractivity contribution < 1.29 is 29.3 Å². The van der Waals surface area contributed by atoms with E-state index in [1.807, 2.05) is 0 Å². The van der Waals surface area contributed by atoms with Gasteiger partial charge in [0.15, 0.2) is 17.4 Å². The van der Waals surface area contributed by atoms with E-state index in [9.17, 15) is 24.6 Å². The number of nitrogens with zero attached hydrogens (tertiary/aromatic N) is 3. The van der Waals surface area contributed by atoms with Gasteiger partial charge in [-0.15, -0.1) is 0 Å². The second-order valence-electron chi connectivity index (χ2n) is 7.26. The molecule has 4 N–H and O–H groups in total. The standard InChI is InChI=1S/C20H21N5O7/c1-10(27)31-8-11-4-2-3-5-13(11)17(29)23-20-22-16-15(18(30)24-20)21-9-25(16)19-14(28)6-12(7-26)32-19/h2-5,9,12,14,19,26,28H,6-8H2,1H3,(H2,22,23,24,29,30)/t12-,14+,19+/m0/s1. The van der Waals surface area contributed by atoms with Crippen LogP contribution >= 0.6 is 0 Å². The number of ether oxygens (including phenoxy) is 2. The van der Waals surface area contributed by atoms with Crippen molar-refractivity contribution in [1.29, 1.82) is 0 Å². The van der Waals surface area contributed by atoms with E-state index in [2.05, 4.69) is 20.3 Å². The highest BCUT2D eigenvalue weighted by Gasteiger charge is 2.36. The number of hydrogen-bond donors (Lipinski definition) is 4. The minimum Gasteiger partial charge on any atom is -0.461 e. The molecule has 12 heteroatoms. The lowest BCUT2D eigenvalue weighted by Crippen LogP contribution is -2.22. The van der Waals surface area contributed by atoms with Crippen LogP contribution in [-0.2, 0) is 20.9 Å². The molecule has 0 saturated carbocycles. The van der Waals surface area contributed by atoms with Gasteiger partial charge in [0.25, 0.3) is 11.5 Å². The Bertz CT molecular complexity index is 1220. The van der Waals surface area contributed by atoms with Gasteiger partial charge in [0.2, 0.25) is 5.95 Å². The average Bonchev–Trinajstić information content (AvgIpc) is 3.35. The summed E-state index contributed by atoms with van der Waals surface area (Å²) in [6, 6.07) is 6.54. The number of nitrogens with one attached hydrogen (secondary N) is 2. The average molecular weight is 443 g/mol. The summed E-state index contributed by atoms with van der Waals surface area (Å²) in [6.45, 7) is 0.920. The van der Waals surface area contributed by atoms with Gasteiger partial charge in [-0.3, -0.25) is 29.3 Å². The SMILES string of the molecule is CC(=O)OCc1ccccc1C(=O)Nc1nc2c(ncn2[C@@H]2O[C@H](CO)C[C@H]2O)c(=O)[nH]1. The number of H-pyrrole nitrogens is 1. The Labute approximate surface area is 180 Å². The largest absolute Gasteiger partial charge is 0.461 e. The number of benzene rings is 1. The van der Waals surface area contributed by atoms with Gasteiger partial charge in [-0.1, -0.05) is 18.2 Å². The Morgan fingerprint density at radius 2 is 2.16 bits per heavy atom. The maximum atomic E-state index is 12.8. The van der Waals surface area contributed by atoms with E-state index in [-0.39, 0.29) is 42.3 Å². The number of aromatic nitrogens is 4. The summed E-state index contributed by atoms with van der Waals surface area (Å²) in [5.41, 5.74) is 0.223. The molecule has 3 heterocycles. The van der Waals surface area contributed by atoms with Gasteiger partial charge in [0.1, 0.15) is 12.7 Å². The molecule has 12 nitrogen and oxygen atoms in total. The first kappa shape index (κ1) is 21.6. The number of aromatic amines is 1. The number of fused-ring (bicyclic) bond motifs is 1. The number of carbonyl (C=O) groups excluding carboxylic acids is 2. The number of hydrogen-bond acceptors (Lipinski definition) is 9. The molecule has 0 unspecified atom stereocenters. The molecule has 1 fully saturated rings. The Morgan fingerprint density at radius 3 is 2.88 bits per heavy atom. The van der Waals surface area contributed by atoms with Crippen molar-refractivity contribution in [1.82, 2.24) is 19.5 Å². The van der Waals surface area contributed by atoms with Gasteiger partial charge in [0.05, 0.1) is 19.0 Å². The predicted molar refractivity (Wildman–Crippen MR) is 110 cm³/mol. The summed E-state index contributed by atoms with van der Waals surface area (Å²) in [6.07, 6.45) is -0.855. The first-order valence-corrected chi connectivity index (χ1v) is 9.81. The van der Waals surface area contributed by atoms with Crippen LogP contribution in [0.2, 0.25) is 0 Å². The van der Waals surface area contributed by atoms with Crippen molar-refractivity contribution in [2.24, 2.45) is 0 Å². The summed E-state index contributed by atoms with van der Waals surface area (Å²) in [7, 11) is 0. The fourth-order valence-corrected chi connectivity index (χ4v) is 3.49. The molecule has 4 rings (SSSR count). The molecular weight excluding hydrogens is 422 g/mol. The van der Waals surface area contributed by atoms with E-state index >= 15 is 0 Å². The minimum absolute atomic E-state index is 0.00139. The van der Waals surface area contributed by atoms with Crippen molar-refractivity contribution in [2.75, 3.05) is 11.9 Å². The smallest absolute Gasteiger partial charge is 0.302 e. The Morgan fingerprint density at radius 1 is 1.38 bits per heavy atom. The van der Waals surface area contributed by atoms with Crippen LogP contribution in [0.1, 0.15) is 35.5 Å². The van der Waals surface area contributed by atoms with Gasteiger partial charge >= 0.3 is 5.97 Å². The van der Waals surface area contributed by atoms with Crippen LogP contribution in [0.3, 0.4) is 0 Å². The number of rotatable bonds is 6. The van der Waals surface area contributed by atoms with Crippen LogP contribution in [0.25, 0.3) is 11.2 Å². The number of carbonyl (C=O) groups is 2. The lowest BCUT2D eigenvalue weighted by molar-refractivity contribution is -0.142. The zero-order valence-electron chi connectivity index (χ0n) is 17.0.